The summed E-state index contributed by atoms with van der Waals surface area (Å²) in [5.41, 5.74) is 7.39. The topological polar surface area (TPSA) is 78.5 Å². The molecule has 154 valence electrons. The number of anilines is 2. The fourth-order valence-electron chi connectivity index (χ4n) is 3.17. The van der Waals surface area contributed by atoms with Gasteiger partial charge in [0.2, 0.25) is 18.2 Å². The number of benzene rings is 2. The van der Waals surface area contributed by atoms with Crippen molar-refractivity contribution in [3.05, 3.63) is 59.4 Å². The summed E-state index contributed by atoms with van der Waals surface area (Å²) in [4.78, 5) is 12.8. The molecule has 1 unspecified atom stereocenters. The van der Waals surface area contributed by atoms with E-state index in [9.17, 15) is 4.39 Å². The van der Waals surface area contributed by atoms with Crippen LogP contribution in [0.25, 0.3) is 0 Å². The van der Waals surface area contributed by atoms with Crippen LogP contribution in [0.2, 0.25) is 5.02 Å². The predicted molar refractivity (Wildman–Crippen MR) is 116 cm³/mol. The van der Waals surface area contributed by atoms with Gasteiger partial charge in [-0.25, -0.2) is 9.38 Å². The molecule has 3 N–H and O–H groups in total. The van der Waals surface area contributed by atoms with Crippen molar-refractivity contribution in [1.82, 2.24) is 4.90 Å². The molecule has 7 nitrogen and oxygen atoms in total. The predicted octanol–water partition coefficient (Wildman–Crippen LogP) is 3.12. The molecule has 4 rings (SSSR count). The minimum atomic E-state index is -0.615. The standard InChI is InChI=1S/C19H20ClFN6O.ClH/c20-13-3-1-5-15(11-13)23-18-24-17(22)25-19(26-7-9-28-10-8-26)27(18)16-6-2-4-14(21)12-16;/h1-6,11-12,18,23H,7-10H2,(H2,22,24);1H. The van der Waals surface area contributed by atoms with E-state index in [4.69, 9.17) is 22.1 Å². The fraction of sp³-hybridized carbons (Fsp3) is 0.263. The Bertz CT molecular complexity index is 919. The van der Waals surface area contributed by atoms with Gasteiger partial charge in [-0.2, -0.15) is 4.99 Å². The highest BCUT2D eigenvalue weighted by Gasteiger charge is 2.32. The van der Waals surface area contributed by atoms with Gasteiger partial charge in [0.05, 0.1) is 18.9 Å². The summed E-state index contributed by atoms with van der Waals surface area (Å²) in [5.74, 6) is 0.400. The molecule has 2 aliphatic heterocycles. The first kappa shape index (κ1) is 21.2. The van der Waals surface area contributed by atoms with Gasteiger partial charge in [-0.15, -0.1) is 12.4 Å². The van der Waals surface area contributed by atoms with Crippen molar-refractivity contribution in [3.8, 4) is 0 Å². The van der Waals surface area contributed by atoms with E-state index in [2.05, 4.69) is 20.2 Å². The maximum absolute atomic E-state index is 14.0. The summed E-state index contributed by atoms with van der Waals surface area (Å²) < 4.78 is 19.4. The van der Waals surface area contributed by atoms with Gasteiger partial charge < -0.3 is 20.7 Å². The second kappa shape index (κ2) is 9.30. The molecule has 0 spiro atoms. The Morgan fingerprint density at radius 3 is 2.62 bits per heavy atom. The minimum Gasteiger partial charge on any atom is -0.378 e. The Labute approximate surface area is 179 Å². The van der Waals surface area contributed by atoms with Crippen LogP contribution in [0.1, 0.15) is 0 Å². The van der Waals surface area contributed by atoms with Crippen molar-refractivity contribution < 1.29 is 9.13 Å². The van der Waals surface area contributed by atoms with Gasteiger partial charge in [0.1, 0.15) is 5.82 Å². The lowest BCUT2D eigenvalue weighted by molar-refractivity contribution is 0.0671. The number of rotatable bonds is 3. The number of guanidine groups is 2. The van der Waals surface area contributed by atoms with E-state index in [1.165, 1.54) is 12.1 Å². The van der Waals surface area contributed by atoms with E-state index < -0.39 is 6.29 Å². The number of morpholine rings is 1. The second-order valence-electron chi connectivity index (χ2n) is 6.38. The van der Waals surface area contributed by atoms with Crippen LogP contribution in [-0.4, -0.2) is 49.4 Å². The zero-order valence-electron chi connectivity index (χ0n) is 15.5. The van der Waals surface area contributed by atoms with Crippen molar-refractivity contribution in [2.45, 2.75) is 6.29 Å². The van der Waals surface area contributed by atoms with Crippen LogP contribution in [0, 0.1) is 5.82 Å². The normalized spacial score (nSPS) is 19.2. The number of halogens is 3. The molecule has 29 heavy (non-hydrogen) atoms. The number of hydrogen-bond acceptors (Lipinski definition) is 7. The molecular formula is C19H21Cl2FN6O. The number of nitrogens with zero attached hydrogens (tertiary/aromatic N) is 4. The van der Waals surface area contributed by atoms with E-state index in [0.29, 0.717) is 43.0 Å². The first-order chi connectivity index (χ1) is 13.6. The summed E-state index contributed by atoms with van der Waals surface area (Å²) in [7, 11) is 0. The highest BCUT2D eigenvalue weighted by molar-refractivity contribution is 6.30. The monoisotopic (exact) mass is 438 g/mol. The van der Waals surface area contributed by atoms with Crippen LogP contribution in [0.4, 0.5) is 15.8 Å². The molecule has 1 saturated heterocycles. The Morgan fingerprint density at radius 1 is 1.14 bits per heavy atom. The quantitative estimate of drug-likeness (QED) is 0.769. The molecule has 0 aromatic heterocycles. The largest absolute Gasteiger partial charge is 0.378 e. The average molecular weight is 439 g/mol. The highest BCUT2D eigenvalue weighted by Crippen LogP contribution is 2.26. The summed E-state index contributed by atoms with van der Waals surface area (Å²) in [6.07, 6.45) is -0.615. The van der Waals surface area contributed by atoms with Gasteiger partial charge in [0.25, 0.3) is 0 Å². The van der Waals surface area contributed by atoms with Crippen LogP contribution in [0.15, 0.2) is 58.5 Å². The SMILES string of the molecule is Cl.NC1=NC(Nc2cccc(Cl)c2)N(c2cccc(F)c2)C(N2CCOCC2)=N1. The average Bonchev–Trinajstić information content (AvgIpc) is 2.68. The summed E-state index contributed by atoms with van der Waals surface area (Å²) in [6, 6.07) is 13.6. The Balaban J connectivity index is 0.00000240. The maximum Gasteiger partial charge on any atom is 0.222 e. The third kappa shape index (κ3) is 4.90. The van der Waals surface area contributed by atoms with Crippen LogP contribution >= 0.6 is 24.0 Å². The third-order valence-corrected chi connectivity index (χ3v) is 4.66. The molecule has 2 aromatic carbocycles. The van der Waals surface area contributed by atoms with Gasteiger partial charge in [0, 0.05) is 23.8 Å². The van der Waals surface area contributed by atoms with Crippen molar-refractivity contribution in [1.29, 1.82) is 0 Å². The van der Waals surface area contributed by atoms with Gasteiger partial charge in [-0.05, 0) is 36.4 Å². The lowest BCUT2D eigenvalue weighted by atomic mass is 10.2. The van der Waals surface area contributed by atoms with Gasteiger partial charge in [-0.3, -0.25) is 4.90 Å². The third-order valence-electron chi connectivity index (χ3n) is 4.43. The van der Waals surface area contributed by atoms with Crippen molar-refractivity contribution >= 4 is 47.3 Å². The second-order valence-corrected chi connectivity index (χ2v) is 6.81. The smallest absolute Gasteiger partial charge is 0.222 e. The number of aliphatic imine (C=N–C) groups is 2. The molecule has 2 heterocycles. The maximum atomic E-state index is 14.0. The Kier molecular flexibility index (Phi) is 6.79. The number of nitrogens with two attached hydrogens (primary N) is 1. The molecule has 2 aliphatic rings. The summed E-state index contributed by atoms with van der Waals surface area (Å²) in [5, 5.41) is 3.90. The molecule has 0 amide bonds. The molecule has 1 fully saturated rings. The van der Waals surface area contributed by atoms with Gasteiger partial charge in [-0.1, -0.05) is 23.7 Å². The molecule has 0 aliphatic carbocycles. The molecule has 1 atom stereocenters. The van der Waals surface area contributed by atoms with E-state index in [1.54, 1.807) is 18.2 Å². The lowest BCUT2D eigenvalue weighted by Crippen LogP contribution is -2.57. The number of hydrogen-bond donors (Lipinski definition) is 2. The van der Waals surface area contributed by atoms with Crippen LogP contribution < -0.4 is 16.0 Å². The van der Waals surface area contributed by atoms with Crippen LogP contribution in [-0.2, 0) is 4.74 Å². The lowest BCUT2D eigenvalue weighted by Gasteiger charge is -2.41. The Morgan fingerprint density at radius 2 is 1.90 bits per heavy atom. The Hall–Kier alpha value is -2.55. The minimum absolute atomic E-state index is 0. The van der Waals surface area contributed by atoms with E-state index >= 15 is 0 Å². The molecule has 2 aromatic rings. The first-order valence-electron chi connectivity index (χ1n) is 8.92. The van der Waals surface area contributed by atoms with Crippen molar-refractivity contribution in [2.75, 3.05) is 36.5 Å². The first-order valence-corrected chi connectivity index (χ1v) is 9.29. The molecule has 0 radical (unpaired) electrons. The van der Waals surface area contributed by atoms with E-state index in [1.807, 2.05) is 23.1 Å². The number of nitrogens with one attached hydrogen (secondary N) is 1. The zero-order valence-corrected chi connectivity index (χ0v) is 17.0. The molecule has 0 bridgehead atoms. The van der Waals surface area contributed by atoms with Gasteiger partial charge >= 0.3 is 0 Å². The van der Waals surface area contributed by atoms with Gasteiger partial charge in [0.15, 0.2) is 0 Å². The van der Waals surface area contributed by atoms with Crippen LogP contribution in [0.5, 0.6) is 0 Å². The van der Waals surface area contributed by atoms with Crippen molar-refractivity contribution in [2.24, 2.45) is 15.7 Å². The van der Waals surface area contributed by atoms with Crippen LogP contribution in [0.3, 0.4) is 0 Å². The molecule has 0 saturated carbocycles. The fourth-order valence-corrected chi connectivity index (χ4v) is 3.36. The van der Waals surface area contributed by atoms with Crippen molar-refractivity contribution in [3.63, 3.8) is 0 Å². The number of ether oxygens (including phenoxy) is 1. The van der Waals surface area contributed by atoms with E-state index in [0.717, 1.165) is 5.69 Å². The summed E-state index contributed by atoms with van der Waals surface area (Å²) >= 11 is 6.11. The highest BCUT2D eigenvalue weighted by atomic mass is 35.5. The zero-order chi connectivity index (χ0) is 19.5. The van der Waals surface area contributed by atoms with E-state index in [-0.39, 0.29) is 24.2 Å². The molecule has 10 heteroatoms. The summed E-state index contributed by atoms with van der Waals surface area (Å²) in [6.45, 7) is 2.47. The molecular weight excluding hydrogens is 418 g/mol.